The molecule has 2 aromatic carbocycles. The summed E-state index contributed by atoms with van der Waals surface area (Å²) in [6.45, 7) is 9.66. The second-order valence-electron chi connectivity index (χ2n) is 8.21. The van der Waals surface area contributed by atoms with Crippen LogP contribution in [0.15, 0.2) is 36.9 Å². The van der Waals surface area contributed by atoms with Crippen LogP contribution in [0, 0.1) is 20.8 Å². The lowest BCUT2D eigenvalue weighted by molar-refractivity contribution is -0.139. The number of fused-ring (bicyclic) bond motifs is 1. The number of unbranched alkanes of at least 4 members (excludes halogenated alkanes) is 1. The maximum atomic E-state index is 13.5. The second kappa shape index (κ2) is 10.6. The van der Waals surface area contributed by atoms with Crippen molar-refractivity contribution in [2.24, 2.45) is 0 Å². The smallest absolute Gasteiger partial charge is 0.251 e. The van der Waals surface area contributed by atoms with Gasteiger partial charge in [0.15, 0.2) is 0 Å². The summed E-state index contributed by atoms with van der Waals surface area (Å²) in [7, 11) is 0. The molecule has 0 saturated heterocycles. The first-order valence-electron chi connectivity index (χ1n) is 10.6. The van der Waals surface area contributed by atoms with Gasteiger partial charge in [0, 0.05) is 24.3 Å². The molecule has 1 atom stereocenters. The summed E-state index contributed by atoms with van der Waals surface area (Å²) in [5.41, 5.74) is 11.2. The molecule has 3 rings (SSSR count). The summed E-state index contributed by atoms with van der Waals surface area (Å²) in [5.74, 6) is -0.105. The molecule has 1 heterocycles. The number of nitrogens with one attached hydrogen (secondary N) is 1. The monoisotopic (exact) mass is 457 g/mol. The number of nitrogens with zero attached hydrogens (tertiary/aromatic N) is 1. The van der Waals surface area contributed by atoms with Crippen LogP contribution in [0.5, 0.6) is 5.75 Å². The SMILES string of the molecule is C=CCCCC(=O)N1CCc2ccc(N)cc2C1C(=O)Nc1cc(C)c(O)c(C)c1C.Cl. The fourth-order valence-corrected chi connectivity index (χ4v) is 4.13. The van der Waals surface area contributed by atoms with Gasteiger partial charge in [-0.1, -0.05) is 12.1 Å². The number of aromatic hydroxyl groups is 1. The predicted molar refractivity (Wildman–Crippen MR) is 131 cm³/mol. The van der Waals surface area contributed by atoms with E-state index >= 15 is 0 Å². The number of carbonyl (C=O) groups is 2. The molecule has 0 aliphatic carbocycles. The molecule has 2 amide bonds. The summed E-state index contributed by atoms with van der Waals surface area (Å²) in [6.07, 6.45) is 4.30. The Hall–Kier alpha value is -2.99. The molecule has 1 aliphatic heterocycles. The third kappa shape index (κ3) is 5.07. The van der Waals surface area contributed by atoms with Crippen molar-refractivity contribution in [1.29, 1.82) is 0 Å². The zero-order chi connectivity index (χ0) is 22.7. The number of allylic oxidation sites excluding steroid dienone is 1. The lowest BCUT2D eigenvalue weighted by Gasteiger charge is -2.37. The third-order valence-electron chi connectivity index (χ3n) is 6.08. The van der Waals surface area contributed by atoms with Gasteiger partial charge in [0.2, 0.25) is 5.91 Å². The van der Waals surface area contributed by atoms with Gasteiger partial charge >= 0.3 is 0 Å². The Morgan fingerprint density at radius 2 is 1.97 bits per heavy atom. The minimum Gasteiger partial charge on any atom is -0.507 e. The highest BCUT2D eigenvalue weighted by Crippen LogP contribution is 2.35. The molecule has 2 aromatic rings. The molecular weight excluding hydrogens is 426 g/mol. The molecule has 0 aromatic heterocycles. The molecule has 172 valence electrons. The molecular formula is C25H32ClN3O3. The maximum absolute atomic E-state index is 13.5. The van der Waals surface area contributed by atoms with Gasteiger partial charge in [-0.3, -0.25) is 9.59 Å². The molecule has 7 heteroatoms. The van der Waals surface area contributed by atoms with Gasteiger partial charge in [-0.25, -0.2) is 0 Å². The summed E-state index contributed by atoms with van der Waals surface area (Å²) >= 11 is 0. The number of carbonyl (C=O) groups excluding carboxylic acids is 2. The standard InChI is InChI=1S/C25H31N3O3.ClH/c1-5-6-7-8-22(29)28-12-11-18-9-10-19(26)14-20(18)23(28)25(31)27-21-13-15(2)24(30)17(4)16(21)3;/h5,9-10,13-14,23,30H,1,6-8,11-12,26H2,2-4H3,(H,27,31);1H. The highest BCUT2D eigenvalue weighted by Gasteiger charge is 2.36. The highest BCUT2D eigenvalue weighted by atomic mass is 35.5. The van der Waals surface area contributed by atoms with Crippen molar-refractivity contribution in [2.75, 3.05) is 17.6 Å². The normalized spacial score (nSPS) is 14.8. The molecule has 4 N–H and O–H groups in total. The number of benzene rings is 2. The van der Waals surface area contributed by atoms with Gasteiger partial charge in [0.05, 0.1) is 0 Å². The minimum atomic E-state index is -0.753. The number of phenols is 1. The van der Waals surface area contributed by atoms with Crippen molar-refractivity contribution < 1.29 is 14.7 Å². The fourth-order valence-electron chi connectivity index (χ4n) is 4.13. The number of halogens is 1. The number of aryl methyl sites for hydroxylation is 1. The Kier molecular flexibility index (Phi) is 8.33. The average molecular weight is 458 g/mol. The lowest BCUT2D eigenvalue weighted by atomic mass is 9.90. The van der Waals surface area contributed by atoms with E-state index in [0.717, 1.165) is 28.7 Å². The molecule has 6 nitrogen and oxygen atoms in total. The van der Waals surface area contributed by atoms with Crippen LogP contribution in [0.25, 0.3) is 0 Å². The Morgan fingerprint density at radius 1 is 1.25 bits per heavy atom. The third-order valence-corrected chi connectivity index (χ3v) is 6.08. The number of nitrogens with two attached hydrogens (primary N) is 1. The van der Waals surface area contributed by atoms with Gasteiger partial charge in [-0.2, -0.15) is 0 Å². The molecule has 32 heavy (non-hydrogen) atoms. The van der Waals surface area contributed by atoms with E-state index in [1.165, 1.54) is 0 Å². The van der Waals surface area contributed by atoms with E-state index in [9.17, 15) is 14.7 Å². The Balaban J connectivity index is 0.00000363. The van der Waals surface area contributed by atoms with E-state index in [2.05, 4.69) is 11.9 Å². The summed E-state index contributed by atoms with van der Waals surface area (Å²) in [6, 6.07) is 6.56. The van der Waals surface area contributed by atoms with Gasteiger partial charge in [-0.15, -0.1) is 19.0 Å². The van der Waals surface area contributed by atoms with E-state index in [1.807, 2.05) is 26.0 Å². The van der Waals surface area contributed by atoms with E-state index in [1.54, 1.807) is 30.0 Å². The van der Waals surface area contributed by atoms with E-state index in [0.29, 0.717) is 42.7 Å². The van der Waals surface area contributed by atoms with Crippen LogP contribution in [0.4, 0.5) is 11.4 Å². The number of hydrogen-bond acceptors (Lipinski definition) is 4. The van der Waals surface area contributed by atoms with Crippen LogP contribution in [0.1, 0.15) is 53.1 Å². The number of anilines is 2. The van der Waals surface area contributed by atoms with Crippen LogP contribution in [0.3, 0.4) is 0 Å². The number of hydrogen-bond donors (Lipinski definition) is 3. The Labute approximate surface area is 195 Å². The predicted octanol–water partition coefficient (Wildman–Crippen LogP) is 4.74. The van der Waals surface area contributed by atoms with E-state index in [4.69, 9.17) is 5.73 Å². The average Bonchev–Trinajstić information content (AvgIpc) is 2.75. The lowest BCUT2D eigenvalue weighted by Crippen LogP contribution is -2.45. The topological polar surface area (TPSA) is 95.7 Å². The molecule has 1 unspecified atom stereocenters. The molecule has 1 aliphatic rings. The van der Waals surface area contributed by atoms with Crippen molar-refractivity contribution in [3.8, 4) is 5.75 Å². The zero-order valence-corrected chi connectivity index (χ0v) is 19.7. The highest BCUT2D eigenvalue weighted by molar-refractivity contribution is 5.99. The van der Waals surface area contributed by atoms with E-state index < -0.39 is 6.04 Å². The molecule has 0 saturated carbocycles. The first-order valence-corrected chi connectivity index (χ1v) is 10.6. The van der Waals surface area contributed by atoms with Gasteiger partial charge in [0.25, 0.3) is 5.91 Å². The zero-order valence-electron chi connectivity index (χ0n) is 18.9. The van der Waals surface area contributed by atoms with Crippen LogP contribution in [0.2, 0.25) is 0 Å². The van der Waals surface area contributed by atoms with Crippen molar-refractivity contribution in [3.63, 3.8) is 0 Å². The number of phenolic OH excluding ortho intramolecular Hbond substituents is 1. The Morgan fingerprint density at radius 3 is 2.66 bits per heavy atom. The number of amides is 2. The first-order chi connectivity index (χ1) is 14.7. The van der Waals surface area contributed by atoms with Crippen molar-refractivity contribution in [2.45, 2.75) is 52.5 Å². The summed E-state index contributed by atoms with van der Waals surface area (Å²) < 4.78 is 0. The van der Waals surface area contributed by atoms with Crippen molar-refractivity contribution >= 4 is 35.6 Å². The van der Waals surface area contributed by atoms with Crippen LogP contribution in [-0.2, 0) is 16.0 Å². The summed E-state index contributed by atoms with van der Waals surface area (Å²) in [5, 5.41) is 13.2. The molecule has 0 spiro atoms. The second-order valence-corrected chi connectivity index (χ2v) is 8.21. The van der Waals surface area contributed by atoms with Gasteiger partial charge in [-0.05, 0) is 86.1 Å². The van der Waals surface area contributed by atoms with Crippen molar-refractivity contribution in [1.82, 2.24) is 4.90 Å². The largest absolute Gasteiger partial charge is 0.507 e. The number of rotatable bonds is 6. The Bertz CT molecular complexity index is 1040. The van der Waals surface area contributed by atoms with Crippen LogP contribution < -0.4 is 11.1 Å². The van der Waals surface area contributed by atoms with Crippen molar-refractivity contribution in [3.05, 3.63) is 64.7 Å². The van der Waals surface area contributed by atoms with Gasteiger partial charge in [0.1, 0.15) is 11.8 Å². The van der Waals surface area contributed by atoms with Crippen LogP contribution in [-0.4, -0.2) is 28.4 Å². The van der Waals surface area contributed by atoms with Gasteiger partial charge < -0.3 is 21.1 Å². The fraction of sp³-hybridized carbons (Fsp3) is 0.360. The first kappa shape index (κ1) is 25.3. The number of nitrogen functional groups attached to an aromatic ring is 1. The molecule has 0 bridgehead atoms. The van der Waals surface area contributed by atoms with E-state index in [-0.39, 0.29) is 30.0 Å². The van der Waals surface area contributed by atoms with Crippen LogP contribution >= 0.6 is 12.4 Å². The molecule has 0 fully saturated rings. The molecule has 0 radical (unpaired) electrons. The maximum Gasteiger partial charge on any atom is 0.251 e. The quantitative estimate of drug-likeness (QED) is 0.252. The summed E-state index contributed by atoms with van der Waals surface area (Å²) in [4.78, 5) is 28.2. The minimum absolute atomic E-state index is 0.